The molecule has 1 aromatic carbocycles. The molecule has 1 aromatic rings. The lowest BCUT2D eigenvalue weighted by Crippen LogP contribution is -2.48. The monoisotopic (exact) mass is 450 g/mol. The summed E-state index contributed by atoms with van der Waals surface area (Å²) < 4.78 is 15.7. The highest BCUT2D eigenvalue weighted by atomic mass is 16.6. The molecule has 0 radical (unpaired) electrons. The van der Waals surface area contributed by atoms with Gasteiger partial charge in [-0.25, -0.2) is 4.79 Å². The molecule has 0 aliphatic carbocycles. The van der Waals surface area contributed by atoms with Crippen molar-refractivity contribution < 1.29 is 33.5 Å². The highest BCUT2D eigenvalue weighted by Crippen LogP contribution is 2.49. The first-order valence-electron chi connectivity index (χ1n) is 10.2. The second kappa shape index (κ2) is 8.76. The summed E-state index contributed by atoms with van der Waals surface area (Å²) in [6.07, 6.45) is -0.812. The summed E-state index contributed by atoms with van der Waals surface area (Å²) in [5, 5.41) is 11.5. The minimum atomic E-state index is -1.54. The molecule has 1 unspecified atom stereocenters. The first kappa shape index (κ1) is 25.1. The maximum Gasteiger partial charge on any atom is 0.414 e. The number of carbonyl (C=O) groups excluding carboxylic acids is 3. The molecule has 1 atom stereocenters. The molecule has 0 spiro atoms. The lowest BCUT2D eigenvalue weighted by atomic mass is 9.69. The summed E-state index contributed by atoms with van der Waals surface area (Å²) in [5.41, 5.74) is -3.23. The number of anilines is 1. The summed E-state index contributed by atoms with van der Waals surface area (Å²) in [5.74, 6) is -1.26. The fraction of sp³-hybridized carbons (Fsp3) is 0.591. The van der Waals surface area contributed by atoms with Gasteiger partial charge in [0, 0.05) is 24.2 Å². The first-order valence-corrected chi connectivity index (χ1v) is 10.2. The number of amides is 1. The zero-order valence-corrected chi connectivity index (χ0v) is 19.5. The smallest absolute Gasteiger partial charge is 0.414 e. The number of esters is 2. The van der Waals surface area contributed by atoms with Crippen LogP contribution in [-0.2, 0) is 29.2 Å². The van der Waals surface area contributed by atoms with Crippen molar-refractivity contribution in [1.82, 2.24) is 0 Å². The number of rotatable bonds is 6. The van der Waals surface area contributed by atoms with E-state index >= 15 is 0 Å². The van der Waals surface area contributed by atoms with Crippen molar-refractivity contribution in [2.24, 2.45) is 5.41 Å². The quantitative estimate of drug-likeness (QED) is 0.278. The average Bonchev–Trinajstić information content (AvgIpc) is 3.00. The van der Waals surface area contributed by atoms with Gasteiger partial charge in [-0.1, -0.05) is 0 Å². The average molecular weight is 450 g/mol. The Labute approximate surface area is 187 Å². The van der Waals surface area contributed by atoms with Crippen molar-refractivity contribution in [3.8, 4) is 0 Å². The number of carbonyl (C=O) groups is 3. The van der Waals surface area contributed by atoms with Crippen LogP contribution in [0, 0.1) is 15.5 Å². The van der Waals surface area contributed by atoms with Gasteiger partial charge in [-0.2, -0.15) is 0 Å². The van der Waals surface area contributed by atoms with Gasteiger partial charge in [0.1, 0.15) is 11.0 Å². The zero-order valence-electron chi connectivity index (χ0n) is 19.5. The molecule has 1 aliphatic heterocycles. The fourth-order valence-electron chi connectivity index (χ4n) is 3.95. The maximum absolute atomic E-state index is 13.3. The molecule has 1 aliphatic rings. The molecule has 0 saturated carbocycles. The Bertz CT molecular complexity index is 934. The Morgan fingerprint density at radius 2 is 1.81 bits per heavy atom. The van der Waals surface area contributed by atoms with E-state index < -0.39 is 39.4 Å². The second-order valence-corrected chi connectivity index (χ2v) is 9.38. The van der Waals surface area contributed by atoms with Crippen LogP contribution in [0.3, 0.4) is 0 Å². The van der Waals surface area contributed by atoms with Gasteiger partial charge in [-0.05, 0) is 54.0 Å². The number of methoxy groups -OCH3 is 1. The van der Waals surface area contributed by atoms with Gasteiger partial charge in [0.05, 0.1) is 29.7 Å². The molecule has 0 saturated heterocycles. The van der Waals surface area contributed by atoms with Crippen LogP contribution in [-0.4, -0.2) is 48.8 Å². The van der Waals surface area contributed by atoms with Gasteiger partial charge in [-0.3, -0.25) is 24.6 Å². The zero-order chi connectivity index (χ0) is 24.5. The van der Waals surface area contributed by atoms with Gasteiger partial charge in [0.2, 0.25) is 0 Å². The van der Waals surface area contributed by atoms with Crippen LogP contribution in [0.1, 0.15) is 53.5 Å². The van der Waals surface area contributed by atoms with Crippen molar-refractivity contribution in [1.29, 1.82) is 0 Å². The number of nitro groups is 1. The van der Waals surface area contributed by atoms with Crippen molar-refractivity contribution in [3.05, 3.63) is 33.9 Å². The van der Waals surface area contributed by atoms with Crippen molar-refractivity contribution in [3.63, 3.8) is 0 Å². The van der Waals surface area contributed by atoms with E-state index in [1.54, 1.807) is 41.5 Å². The number of benzene rings is 1. The van der Waals surface area contributed by atoms with E-state index in [2.05, 4.69) is 0 Å². The van der Waals surface area contributed by atoms with Crippen LogP contribution in [0.5, 0.6) is 0 Å². The molecular weight excluding hydrogens is 420 g/mol. The molecule has 10 heteroatoms. The van der Waals surface area contributed by atoms with Crippen LogP contribution < -0.4 is 4.90 Å². The van der Waals surface area contributed by atoms with Gasteiger partial charge < -0.3 is 14.2 Å². The summed E-state index contributed by atoms with van der Waals surface area (Å²) in [6.45, 7) is 9.81. The van der Waals surface area contributed by atoms with Crippen LogP contribution in [0.15, 0.2) is 18.2 Å². The van der Waals surface area contributed by atoms with E-state index in [1.165, 1.54) is 30.2 Å². The Hall–Kier alpha value is -3.17. The van der Waals surface area contributed by atoms with E-state index in [0.29, 0.717) is 5.69 Å². The molecule has 2 rings (SSSR count). The minimum Gasteiger partial charge on any atom is -0.469 e. The number of ether oxygens (including phenoxy) is 3. The summed E-state index contributed by atoms with van der Waals surface area (Å²) in [7, 11) is 1.24. The Morgan fingerprint density at radius 1 is 1.19 bits per heavy atom. The van der Waals surface area contributed by atoms with Crippen molar-refractivity contribution in [2.45, 2.75) is 59.0 Å². The third-order valence-electron chi connectivity index (χ3n) is 5.19. The van der Waals surface area contributed by atoms with Crippen molar-refractivity contribution >= 4 is 29.4 Å². The summed E-state index contributed by atoms with van der Waals surface area (Å²) in [6, 6.07) is 3.91. The van der Waals surface area contributed by atoms with Crippen LogP contribution in [0.2, 0.25) is 0 Å². The predicted octanol–water partition coefficient (Wildman–Crippen LogP) is 3.74. The summed E-state index contributed by atoms with van der Waals surface area (Å²) >= 11 is 0. The second-order valence-electron chi connectivity index (χ2n) is 9.38. The van der Waals surface area contributed by atoms with Crippen molar-refractivity contribution in [2.75, 3.05) is 25.2 Å². The molecule has 10 nitrogen and oxygen atoms in total. The molecule has 1 heterocycles. The Kier molecular flexibility index (Phi) is 6.87. The standard InChI is InChI=1S/C22H30N2O8/c1-8-31-18(26)22(12-21(5,6)17(25)30-7)13-23(19(27)32-20(2,3)4)16-10-9-14(24(28)29)11-15(16)22/h9-11H,8,12-13H2,1-7H3. The molecule has 0 N–H and O–H groups in total. The van der Waals surface area contributed by atoms with E-state index in [4.69, 9.17) is 14.2 Å². The number of non-ortho nitro benzene ring substituents is 1. The van der Waals surface area contributed by atoms with Gasteiger partial charge in [-0.15, -0.1) is 0 Å². The number of hydrogen-bond donors (Lipinski definition) is 0. The lowest BCUT2D eigenvalue weighted by molar-refractivity contribution is -0.384. The number of nitrogens with zero attached hydrogens (tertiary/aromatic N) is 2. The molecule has 176 valence electrons. The van der Waals surface area contributed by atoms with Gasteiger partial charge >= 0.3 is 18.0 Å². The SMILES string of the molecule is CCOC(=O)C1(CC(C)(C)C(=O)OC)CN(C(=O)OC(C)(C)C)c2ccc([N+](=O)[O-])cc21. The highest BCUT2D eigenvalue weighted by molar-refractivity contribution is 5.99. The van der Waals surface area contributed by atoms with Gasteiger partial charge in [0.25, 0.3) is 5.69 Å². The Balaban J connectivity index is 2.73. The lowest BCUT2D eigenvalue weighted by Gasteiger charge is -2.34. The summed E-state index contributed by atoms with van der Waals surface area (Å²) in [4.78, 5) is 50.9. The highest BCUT2D eigenvalue weighted by Gasteiger charge is 2.56. The topological polar surface area (TPSA) is 125 Å². The van der Waals surface area contributed by atoms with E-state index in [1.807, 2.05) is 0 Å². The molecule has 0 aromatic heterocycles. The largest absolute Gasteiger partial charge is 0.469 e. The first-order chi connectivity index (χ1) is 14.7. The van der Waals surface area contributed by atoms with Crippen LogP contribution in [0.4, 0.5) is 16.2 Å². The normalized spacial score (nSPS) is 18.0. The maximum atomic E-state index is 13.3. The fourth-order valence-corrected chi connectivity index (χ4v) is 3.95. The van der Waals surface area contributed by atoms with E-state index in [0.717, 1.165) is 0 Å². The number of fused-ring (bicyclic) bond motifs is 1. The minimum absolute atomic E-state index is 0.0515. The van der Waals surface area contributed by atoms with Crippen LogP contribution in [0.25, 0.3) is 0 Å². The molecular formula is C22H30N2O8. The van der Waals surface area contributed by atoms with Gasteiger partial charge in [0.15, 0.2) is 0 Å². The third-order valence-corrected chi connectivity index (χ3v) is 5.19. The number of nitro benzene ring substituents is 1. The van der Waals surface area contributed by atoms with E-state index in [-0.39, 0.29) is 30.8 Å². The molecule has 32 heavy (non-hydrogen) atoms. The Morgan fingerprint density at radius 3 is 2.31 bits per heavy atom. The molecule has 0 fully saturated rings. The molecule has 1 amide bonds. The number of hydrogen-bond acceptors (Lipinski definition) is 8. The molecule has 0 bridgehead atoms. The van der Waals surface area contributed by atoms with Crippen LogP contribution >= 0.6 is 0 Å². The predicted molar refractivity (Wildman–Crippen MR) is 115 cm³/mol. The van der Waals surface area contributed by atoms with E-state index in [9.17, 15) is 24.5 Å². The third kappa shape index (κ3) is 4.84.